The van der Waals surface area contributed by atoms with E-state index in [0.29, 0.717) is 24.4 Å². The number of hydrogen-bond donors (Lipinski definition) is 1. The molecule has 1 saturated heterocycles. The summed E-state index contributed by atoms with van der Waals surface area (Å²) in [6.45, 7) is 0.787. The highest BCUT2D eigenvalue weighted by Gasteiger charge is 2.35. The number of halogens is 3. The summed E-state index contributed by atoms with van der Waals surface area (Å²) in [4.78, 5) is 31.3. The standard InChI is InChI=1S/C15H14F3N5O3S/c16-15(17,18)11-7-27-14(21-11)8-2-1-3-22(6-8)13-10(12(19)24)4-9(5-20-13)23(25)26/h4-5,7-8H,1-3,6H2,(H2,19,24). The largest absolute Gasteiger partial charge is 0.434 e. The first-order valence-electron chi connectivity index (χ1n) is 7.88. The smallest absolute Gasteiger partial charge is 0.365 e. The van der Waals surface area contributed by atoms with Gasteiger partial charge in [0, 0.05) is 30.5 Å². The lowest BCUT2D eigenvalue weighted by atomic mass is 9.98. The fourth-order valence-electron chi connectivity index (χ4n) is 2.96. The normalized spacial score (nSPS) is 17.7. The van der Waals surface area contributed by atoms with Crippen molar-refractivity contribution in [2.75, 3.05) is 18.0 Å². The van der Waals surface area contributed by atoms with Gasteiger partial charge in [0.2, 0.25) is 0 Å². The van der Waals surface area contributed by atoms with E-state index in [-0.39, 0.29) is 29.5 Å². The van der Waals surface area contributed by atoms with Crippen LogP contribution < -0.4 is 10.6 Å². The molecule has 1 unspecified atom stereocenters. The second-order valence-corrected chi connectivity index (χ2v) is 6.93. The summed E-state index contributed by atoms with van der Waals surface area (Å²) >= 11 is 0.938. The molecule has 1 aliphatic heterocycles. The highest BCUT2D eigenvalue weighted by molar-refractivity contribution is 7.09. The van der Waals surface area contributed by atoms with Crippen molar-refractivity contribution in [3.8, 4) is 0 Å². The van der Waals surface area contributed by atoms with Crippen LogP contribution in [0.15, 0.2) is 17.6 Å². The van der Waals surface area contributed by atoms with Crippen molar-refractivity contribution in [1.82, 2.24) is 9.97 Å². The number of carbonyl (C=O) groups is 1. The zero-order valence-electron chi connectivity index (χ0n) is 13.8. The van der Waals surface area contributed by atoms with E-state index in [1.165, 1.54) is 0 Å². The third kappa shape index (κ3) is 3.99. The molecule has 2 aromatic heterocycles. The Balaban J connectivity index is 1.87. The molecule has 144 valence electrons. The van der Waals surface area contributed by atoms with Crippen molar-refractivity contribution in [1.29, 1.82) is 0 Å². The molecule has 8 nitrogen and oxygen atoms in total. The molecule has 0 spiro atoms. The molecule has 0 saturated carbocycles. The summed E-state index contributed by atoms with van der Waals surface area (Å²) in [5.74, 6) is -0.945. The zero-order chi connectivity index (χ0) is 19.8. The summed E-state index contributed by atoms with van der Waals surface area (Å²) < 4.78 is 38.3. The van der Waals surface area contributed by atoms with Gasteiger partial charge in [-0.1, -0.05) is 0 Å². The molecule has 0 radical (unpaired) electrons. The Morgan fingerprint density at radius 1 is 1.44 bits per heavy atom. The van der Waals surface area contributed by atoms with E-state index in [4.69, 9.17) is 5.73 Å². The third-order valence-electron chi connectivity index (χ3n) is 4.21. The Bertz CT molecular complexity index is 886. The van der Waals surface area contributed by atoms with Gasteiger partial charge in [-0.25, -0.2) is 9.97 Å². The maximum Gasteiger partial charge on any atom is 0.434 e. The molecule has 0 aromatic carbocycles. The summed E-state index contributed by atoms with van der Waals surface area (Å²) in [5, 5.41) is 12.2. The van der Waals surface area contributed by atoms with Gasteiger partial charge < -0.3 is 10.6 Å². The van der Waals surface area contributed by atoms with Crippen LogP contribution in [0.3, 0.4) is 0 Å². The fraction of sp³-hybridized carbons (Fsp3) is 0.400. The lowest BCUT2D eigenvalue weighted by Crippen LogP contribution is -2.36. The van der Waals surface area contributed by atoms with Gasteiger partial charge in [0.1, 0.15) is 12.0 Å². The van der Waals surface area contributed by atoms with Gasteiger partial charge in [0.05, 0.1) is 15.5 Å². The number of thiazole rings is 1. The van der Waals surface area contributed by atoms with Crippen LogP contribution >= 0.6 is 11.3 Å². The van der Waals surface area contributed by atoms with Gasteiger partial charge in [-0.3, -0.25) is 14.9 Å². The Morgan fingerprint density at radius 3 is 2.78 bits per heavy atom. The van der Waals surface area contributed by atoms with Crippen molar-refractivity contribution in [2.45, 2.75) is 24.9 Å². The number of primary amides is 1. The Hall–Kier alpha value is -2.76. The van der Waals surface area contributed by atoms with Crippen molar-refractivity contribution in [3.05, 3.63) is 44.0 Å². The average Bonchev–Trinajstić information content (AvgIpc) is 3.12. The quantitative estimate of drug-likeness (QED) is 0.622. The number of nitro groups is 1. The second kappa shape index (κ2) is 7.10. The minimum Gasteiger partial charge on any atom is -0.365 e. The van der Waals surface area contributed by atoms with Gasteiger partial charge in [-0.05, 0) is 12.8 Å². The maximum atomic E-state index is 12.8. The molecule has 3 heterocycles. The molecule has 2 aromatic rings. The average molecular weight is 401 g/mol. The molecule has 12 heteroatoms. The van der Waals surface area contributed by atoms with Crippen molar-refractivity contribution >= 4 is 28.7 Å². The zero-order valence-corrected chi connectivity index (χ0v) is 14.6. The van der Waals surface area contributed by atoms with Crippen LogP contribution in [-0.2, 0) is 6.18 Å². The van der Waals surface area contributed by atoms with Gasteiger partial charge in [0.25, 0.3) is 11.6 Å². The molecule has 1 amide bonds. The summed E-state index contributed by atoms with van der Waals surface area (Å²) in [6.07, 6.45) is -2.19. The van der Waals surface area contributed by atoms with Crippen LogP contribution in [0.5, 0.6) is 0 Å². The van der Waals surface area contributed by atoms with Crippen LogP contribution in [0.4, 0.5) is 24.7 Å². The number of aromatic nitrogens is 2. The van der Waals surface area contributed by atoms with E-state index >= 15 is 0 Å². The highest BCUT2D eigenvalue weighted by Crippen LogP contribution is 2.36. The Morgan fingerprint density at radius 2 is 2.19 bits per heavy atom. The monoisotopic (exact) mass is 401 g/mol. The fourth-order valence-corrected chi connectivity index (χ4v) is 3.91. The van der Waals surface area contributed by atoms with Crippen LogP contribution in [0.1, 0.15) is 39.8 Å². The Kier molecular flexibility index (Phi) is 5.00. The lowest BCUT2D eigenvalue weighted by molar-refractivity contribution is -0.385. The van der Waals surface area contributed by atoms with Gasteiger partial charge in [-0.15, -0.1) is 11.3 Å². The molecular formula is C15H14F3N5O3S. The van der Waals surface area contributed by atoms with E-state index < -0.39 is 22.7 Å². The SMILES string of the molecule is NC(=O)c1cc([N+](=O)[O-])cnc1N1CCCC(c2nc(C(F)(F)F)cs2)C1. The number of amides is 1. The van der Waals surface area contributed by atoms with E-state index in [0.717, 1.165) is 29.0 Å². The first-order chi connectivity index (χ1) is 12.7. The number of pyridine rings is 1. The minimum atomic E-state index is -4.50. The first-order valence-corrected chi connectivity index (χ1v) is 8.76. The molecule has 1 aliphatic rings. The van der Waals surface area contributed by atoms with Crippen LogP contribution in [0, 0.1) is 10.1 Å². The minimum absolute atomic E-state index is 0.0973. The van der Waals surface area contributed by atoms with Crippen molar-refractivity contribution in [3.63, 3.8) is 0 Å². The van der Waals surface area contributed by atoms with E-state index in [1.807, 2.05) is 0 Å². The van der Waals surface area contributed by atoms with Gasteiger partial charge >= 0.3 is 6.18 Å². The van der Waals surface area contributed by atoms with Crippen LogP contribution in [0.2, 0.25) is 0 Å². The predicted octanol–water partition coefficient (Wildman–Crippen LogP) is 2.95. The summed E-state index contributed by atoms with van der Waals surface area (Å²) in [7, 11) is 0. The molecular weight excluding hydrogens is 387 g/mol. The van der Waals surface area contributed by atoms with Crippen LogP contribution in [-0.4, -0.2) is 33.9 Å². The number of hydrogen-bond acceptors (Lipinski definition) is 7. The number of carbonyl (C=O) groups excluding carboxylic acids is 1. The molecule has 0 bridgehead atoms. The molecule has 27 heavy (non-hydrogen) atoms. The summed E-state index contributed by atoms with van der Waals surface area (Å²) in [5.41, 5.74) is 3.94. The van der Waals surface area contributed by atoms with Gasteiger partial charge in [0.15, 0.2) is 5.69 Å². The number of rotatable bonds is 4. The van der Waals surface area contributed by atoms with E-state index in [9.17, 15) is 28.1 Å². The predicted molar refractivity (Wildman–Crippen MR) is 90.7 cm³/mol. The molecule has 1 fully saturated rings. The van der Waals surface area contributed by atoms with E-state index in [2.05, 4.69) is 9.97 Å². The van der Waals surface area contributed by atoms with E-state index in [1.54, 1.807) is 4.90 Å². The lowest BCUT2D eigenvalue weighted by Gasteiger charge is -2.33. The number of nitrogens with two attached hydrogens (primary N) is 1. The first kappa shape index (κ1) is 19.0. The van der Waals surface area contributed by atoms with Gasteiger partial charge in [-0.2, -0.15) is 13.2 Å². The maximum absolute atomic E-state index is 12.8. The van der Waals surface area contributed by atoms with Crippen molar-refractivity contribution in [2.24, 2.45) is 5.73 Å². The van der Waals surface area contributed by atoms with Crippen molar-refractivity contribution < 1.29 is 22.9 Å². The molecule has 0 aliphatic carbocycles. The number of piperidine rings is 1. The molecule has 2 N–H and O–H groups in total. The molecule has 1 atom stereocenters. The van der Waals surface area contributed by atoms with Crippen LogP contribution in [0.25, 0.3) is 0 Å². The number of anilines is 1. The summed E-state index contributed by atoms with van der Waals surface area (Å²) in [6, 6.07) is 1.05. The third-order valence-corrected chi connectivity index (χ3v) is 5.22. The Labute approximate surface area is 155 Å². The number of alkyl halides is 3. The second-order valence-electron chi connectivity index (χ2n) is 6.04. The highest BCUT2D eigenvalue weighted by atomic mass is 32.1. The molecule has 3 rings (SSSR count). The number of nitrogens with zero attached hydrogens (tertiary/aromatic N) is 4. The topological polar surface area (TPSA) is 115 Å².